The number of nitrogens with zero attached hydrogens (tertiary/aromatic N) is 2. The molecule has 2 aromatic carbocycles. The summed E-state index contributed by atoms with van der Waals surface area (Å²) in [5.41, 5.74) is 2.85. The number of benzene rings is 2. The Labute approximate surface area is 145 Å². The van der Waals surface area contributed by atoms with Gasteiger partial charge in [0.2, 0.25) is 0 Å². The summed E-state index contributed by atoms with van der Waals surface area (Å²) >= 11 is 0. The van der Waals surface area contributed by atoms with Crippen molar-refractivity contribution in [2.24, 2.45) is 0 Å². The number of anilines is 2. The Hall–Kier alpha value is -2.05. The lowest BCUT2D eigenvalue weighted by Gasteiger charge is -2.29. The van der Waals surface area contributed by atoms with Crippen molar-refractivity contribution in [1.29, 1.82) is 0 Å². The van der Waals surface area contributed by atoms with E-state index in [1.165, 1.54) is 19.7 Å². The van der Waals surface area contributed by atoms with E-state index < -0.39 is 10.2 Å². The average Bonchev–Trinajstić information content (AvgIpc) is 2.54. The van der Waals surface area contributed by atoms with E-state index >= 15 is 0 Å². The monoisotopic (exact) mass is 347 g/mol. The lowest BCUT2D eigenvalue weighted by Crippen LogP contribution is -2.30. The molecule has 0 fully saturated rings. The highest BCUT2D eigenvalue weighted by Gasteiger charge is 2.14. The van der Waals surface area contributed by atoms with Gasteiger partial charge in [0.1, 0.15) is 0 Å². The quantitative estimate of drug-likeness (QED) is 0.836. The van der Waals surface area contributed by atoms with E-state index in [1.54, 1.807) is 12.1 Å². The summed E-state index contributed by atoms with van der Waals surface area (Å²) in [7, 11) is -0.485. The second-order valence-electron chi connectivity index (χ2n) is 6.14. The molecule has 6 heteroatoms. The van der Waals surface area contributed by atoms with Crippen molar-refractivity contribution in [3.8, 4) is 0 Å². The van der Waals surface area contributed by atoms with E-state index in [1.807, 2.05) is 30.3 Å². The van der Waals surface area contributed by atoms with Crippen molar-refractivity contribution in [3.05, 3.63) is 60.2 Å². The fourth-order valence-electron chi connectivity index (χ4n) is 2.31. The van der Waals surface area contributed by atoms with Gasteiger partial charge in [-0.25, -0.2) is 0 Å². The Morgan fingerprint density at radius 3 is 2.04 bits per heavy atom. The van der Waals surface area contributed by atoms with Crippen LogP contribution in [0.2, 0.25) is 0 Å². The Kier molecular flexibility index (Phi) is 5.85. The first-order valence-corrected chi connectivity index (χ1v) is 9.34. The van der Waals surface area contributed by atoms with Crippen LogP contribution >= 0.6 is 0 Å². The van der Waals surface area contributed by atoms with Crippen LogP contribution in [0.3, 0.4) is 0 Å². The van der Waals surface area contributed by atoms with Crippen LogP contribution in [0, 0.1) is 0 Å². The molecule has 0 bridgehead atoms. The van der Waals surface area contributed by atoms with E-state index in [0.29, 0.717) is 11.7 Å². The highest BCUT2D eigenvalue weighted by atomic mass is 32.2. The fraction of sp³-hybridized carbons (Fsp3) is 0.333. The van der Waals surface area contributed by atoms with Crippen LogP contribution in [0.5, 0.6) is 0 Å². The molecule has 0 amide bonds. The lowest BCUT2D eigenvalue weighted by molar-refractivity contribution is 0.527. The number of hydrogen-bond donors (Lipinski definition) is 1. The fourth-order valence-corrected chi connectivity index (χ4v) is 2.93. The van der Waals surface area contributed by atoms with Gasteiger partial charge in [0.25, 0.3) is 0 Å². The molecule has 0 spiro atoms. The Morgan fingerprint density at radius 2 is 1.54 bits per heavy atom. The molecule has 0 saturated heterocycles. The van der Waals surface area contributed by atoms with Gasteiger partial charge in [-0.1, -0.05) is 30.3 Å². The molecule has 5 nitrogen and oxygen atoms in total. The normalized spacial score (nSPS) is 11.8. The molecule has 0 aliphatic heterocycles. The topological polar surface area (TPSA) is 52.7 Å². The summed E-state index contributed by atoms with van der Waals surface area (Å²) in [4.78, 5) is 2.28. The Morgan fingerprint density at radius 1 is 0.958 bits per heavy atom. The predicted molar refractivity (Wildman–Crippen MR) is 100 cm³/mol. The van der Waals surface area contributed by atoms with Gasteiger partial charge in [-0.2, -0.15) is 12.7 Å². The minimum absolute atomic E-state index is 0.328. The molecule has 0 saturated carbocycles. The van der Waals surface area contributed by atoms with Crippen LogP contribution < -0.4 is 9.62 Å². The number of rotatable bonds is 7. The van der Waals surface area contributed by atoms with E-state index in [9.17, 15) is 8.42 Å². The average molecular weight is 347 g/mol. The molecule has 24 heavy (non-hydrogen) atoms. The summed E-state index contributed by atoms with van der Waals surface area (Å²) in [6.07, 6.45) is 0. The first-order chi connectivity index (χ1) is 11.3. The van der Waals surface area contributed by atoms with E-state index in [2.05, 4.69) is 35.6 Å². The van der Waals surface area contributed by atoms with Gasteiger partial charge in [0.15, 0.2) is 0 Å². The lowest BCUT2D eigenvalue weighted by atomic mass is 10.1. The molecule has 0 heterocycles. The Balaban J connectivity index is 2.17. The molecule has 0 unspecified atom stereocenters. The van der Waals surface area contributed by atoms with Gasteiger partial charge < -0.3 is 4.90 Å². The molecule has 2 rings (SSSR count). The van der Waals surface area contributed by atoms with Gasteiger partial charge in [0.05, 0.1) is 0 Å². The predicted octanol–water partition coefficient (Wildman–Crippen LogP) is 3.32. The maximum absolute atomic E-state index is 11.9. The molecule has 0 radical (unpaired) electrons. The minimum atomic E-state index is -3.48. The summed E-state index contributed by atoms with van der Waals surface area (Å²) in [6, 6.07) is 18.1. The zero-order valence-corrected chi connectivity index (χ0v) is 15.4. The number of hydrogen-bond acceptors (Lipinski definition) is 3. The molecule has 0 atom stereocenters. The van der Waals surface area contributed by atoms with Crippen LogP contribution in [0.4, 0.5) is 11.4 Å². The molecule has 1 N–H and O–H groups in total. The van der Waals surface area contributed by atoms with Crippen LogP contribution in [0.25, 0.3) is 0 Å². The first kappa shape index (κ1) is 18.3. The maximum Gasteiger partial charge on any atom is 0.301 e. The molecule has 2 aromatic rings. The van der Waals surface area contributed by atoms with Crippen molar-refractivity contribution in [3.63, 3.8) is 0 Å². The van der Waals surface area contributed by atoms with Gasteiger partial charge >= 0.3 is 10.2 Å². The van der Waals surface area contributed by atoms with Crippen molar-refractivity contribution in [2.75, 3.05) is 23.7 Å². The largest absolute Gasteiger partial charge is 0.365 e. The molecule has 0 aromatic heterocycles. The summed E-state index contributed by atoms with van der Waals surface area (Å²) < 4.78 is 27.4. The Bertz CT molecular complexity index is 742. The molecular formula is C18H25N3O2S. The second-order valence-corrected chi connectivity index (χ2v) is 8.03. The van der Waals surface area contributed by atoms with Crippen LogP contribution in [-0.2, 0) is 16.8 Å². The standard InChI is InChI=1S/C18H25N3O2S/c1-15(2)21(14-16-8-6-5-7-9-16)18-12-10-17(11-13-18)19-24(22,23)20(3)4/h5-13,15,19H,14H2,1-4H3. The summed E-state index contributed by atoms with van der Waals surface area (Å²) in [5.74, 6) is 0. The minimum Gasteiger partial charge on any atom is -0.365 e. The van der Waals surface area contributed by atoms with Crippen molar-refractivity contribution < 1.29 is 8.42 Å². The molecule has 0 aliphatic carbocycles. The number of nitrogens with one attached hydrogen (secondary N) is 1. The zero-order valence-electron chi connectivity index (χ0n) is 14.6. The van der Waals surface area contributed by atoms with Gasteiger partial charge in [-0.15, -0.1) is 0 Å². The van der Waals surface area contributed by atoms with Crippen molar-refractivity contribution in [2.45, 2.75) is 26.4 Å². The van der Waals surface area contributed by atoms with E-state index in [-0.39, 0.29) is 0 Å². The highest BCUT2D eigenvalue weighted by molar-refractivity contribution is 7.90. The molecule has 0 aliphatic rings. The zero-order chi connectivity index (χ0) is 17.7. The smallest absolute Gasteiger partial charge is 0.301 e. The maximum atomic E-state index is 11.9. The van der Waals surface area contributed by atoms with Crippen molar-refractivity contribution >= 4 is 21.6 Å². The van der Waals surface area contributed by atoms with Gasteiger partial charge in [-0.05, 0) is 43.7 Å². The second kappa shape index (κ2) is 7.68. The van der Waals surface area contributed by atoms with Crippen LogP contribution in [-0.4, -0.2) is 32.9 Å². The highest BCUT2D eigenvalue weighted by Crippen LogP contribution is 2.23. The third-order valence-corrected chi connectivity index (χ3v) is 5.20. The van der Waals surface area contributed by atoms with Crippen LogP contribution in [0.1, 0.15) is 19.4 Å². The summed E-state index contributed by atoms with van der Waals surface area (Å²) in [5, 5.41) is 0. The van der Waals surface area contributed by atoms with Gasteiger partial charge in [-0.3, -0.25) is 4.72 Å². The van der Waals surface area contributed by atoms with E-state index in [4.69, 9.17) is 0 Å². The molecule has 130 valence electrons. The first-order valence-electron chi connectivity index (χ1n) is 7.90. The molecular weight excluding hydrogens is 322 g/mol. The van der Waals surface area contributed by atoms with Crippen LogP contribution in [0.15, 0.2) is 54.6 Å². The van der Waals surface area contributed by atoms with Crippen molar-refractivity contribution in [1.82, 2.24) is 4.31 Å². The van der Waals surface area contributed by atoms with E-state index in [0.717, 1.165) is 16.5 Å². The third-order valence-electron chi connectivity index (χ3n) is 3.75. The SMILES string of the molecule is CC(C)N(Cc1ccccc1)c1ccc(NS(=O)(=O)N(C)C)cc1. The third kappa shape index (κ3) is 4.72. The summed E-state index contributed by atoms with van der Waals surface area (Å²) in [6.45, 7) is 5.10. The van der Waals surface area contributed by atoms with Gasteiger partial charge in [0, 0.05) is 38.1 Å².